The fraction of sp³-hybridized carbons (Fsp3) is 0.412. The Labute approximate surface area is 160 Å². The predicted molar refractivity (Wildman–Crippen MR) is 92.0 cm³/mol. The number of pyridine rings is 1. The van der Waals surface area contributed by atoms with Gasteiger partial charge < -0.3 is 15.1 Å². The van der Waals surface area contributed by atoms with E-state index in [1.54, 1.807) is 22.4 Å². The number of thiophene rings is 1. The van der Waals surface area contributed by atoms with Crippen molar-refractivity contribution in [3.05, 3.63) is 29.3 Å². The van der Waals surface area contributed by atoms with Crippen LogP contribution in [0.2, 0.25) is 0 Å². The van der Waals surface area contributed by atoms with E-state index in [9.17, 15) is 27.9 Å². The molecule has 7 nitrogen and oxygen atoms in total. The quantitative estimate of drug-likeness (QED) is 0.779. The van der Waals surface area contributed by atoms with Crippen molar-refractivity contribution in [2.75, 3.05) is 0 Å². The third kappa shape index (κ3) is 3.79. The van der Waals surface area contributed by atoms with Gasteiger partial charge in [-0.05, 0) is 36.8 Å². The second-order valence-electron chi connectivity index (χ2n) is 6.52. The van der Waals surface area contributed by atoms with Gasteiger partial charge in [0.15, 0.2) is 0 Å². The summed E-state index contributed by atoms with van der Waals surface area (Å²) in [5.41, 5.74) is 1.46. The van der Waals surface area contributed by atoms with Crippen molar-refractivity contribution >= 4 is 39.4 Å². The smallest absolute Gasteiger partial charge is 0.481 e. The van der Waals surface area contributed by atoms with Crippen LogP contribution in [0.3, 0.4) is 0 Å². The summed E-state index contributed by atoms with van der Waals surface area (Å²) < 4.78 is 32.7. The zero-order valence-electron chi connectivity index (χ0n) is 14.2. The predicted octanol–water partition coefficient (Wildman–Crippen LogP) is 3.01. The number of amides is 1. The molecular weight excluding hydrogens is 401 g/mol. The van der Waals surface area contributed by atoms with E-state index in [1.165, 1.54) is 0 Å². The molecule has 2 saturated heterocycles. The second kappa shape index (κ2) is 7.38. The van der Waals surface area contributed by atoms with Gasteiger partial charge in [0.1, 0.15) is 0 Å². The highest BCUT2D eigenvalue weighted by Gasteiger charge is 2.51. The van der Waals surface area contributed by atoms with Crippen molar-refractivity contribution in [2.24, 2.45) is 5.92 Å². The number of carbonyl (C=O) groups excluding carboxylic acids is 1. The number of rotatable bonds is 2. The average Bonchev–Trinajstić information content (AvgIpc) is 3.34. The number of fused-ring (bicyclic) bond motifs is 3. The minimum atomic E-state index is -5.08. The zero-order valence-corrected chi connectivity index (χ0v) is 15.0. The van der Waals surface area contributed by atoms with E-state index < -0.39 is 24.0 Å². The van der Waals surface area contributed by atoms with E-state index in [0.717, 1.165) is 23.1 Å². The highest BCUT2D eigenvalue weighted by molar-refractivity contribution is 7.17. The highest BCUT2D eigenvalue weighted by Crippen LogP contribution is 2.42. The molecule has 0 aromatic carbocycles. The average molecular weight is 416 g/mol. The van der Waals surface area contributed by atoms with Crippen molar-refractivity contribution in [3.63, 3.8) is 0 Å². The van der Waals surface area contributed by atoms with Crippen LogP contribution in [0, 0.1) is 5.92 Å². The van der Waals surface area contributed by atoms with Gasteiger partial charge in [-0.25, -0.2) is 4.79 Å². The van der Waals surface area contributed by atoms with Gasteiger partial charge in [-0.3, -0.25) is 14.6 Å². The summed E-state index contributed by atoms with van der Waals surface area (Å²) in [6, 6.07) is 3.71. The van der Waals surface area contributed by atoms with Gasteiger partial charge in [-0.2, -0.15) is 13.2 Å². The van der Waals surface area contributed by atoms with Gasteiger partial charge in [0.2, 0.25) is 0 Å². The molecule has 1 amide bonds. The number of carboxylic acid groups (broad SMARTS) is 2. The molecular formula is C17H15F3N2O5S. The lowest BCUT2D eigenvalue weighted by Crippen LogP contribution is -2.37. The molecule has 2 aliphatic heterocycles. The van der Waals surface area contributed by atoms with Crippen LogP contribution in [-0.2, 0) is 9.59 Å². The molecule has 2 N–H and O–H groups in total. The lowest BCUT2D eigenvalue weighted by Gasteiger charge is -2.23. The third-order valence-corrected chi connectivity index (χ3v) is 5.73. The molecule has 0 saturated carbocycles. The topological polar surface area (TPSA) is 108 Å². The number of nitrogens with zero attached hydrogens (tertiary/aromatic N) is 2. The van der Waals surface area contributed by atoms with E-state index in [2.05, 4.69) is 4.98 Å². The standard InChI is InChI=1S/C15H14N2O3S.C2HF3O2/c18-14(8-5-13-11(16-7-8)3-4-21-13)17-9-1-2-12(17)10(6-9)15(19)20;3-2(4,5)1(6)7/h3-5,7,9-10,12H,1-2,6H2,(H,19,20);(H,6,7). The Kier molecular flexibility index (Phi) is 5.28. The number of carboxylic acids is 2. The molecule has 2 fully saturated rings. The van der Waals surface area contributed by atoms with Crippen LogP contribution in [0.25, 0.3) is 10.2 Å². The van der Waals surface area contributed by atoms with Crippen LogP contribution in [-0.4, -0.2) is 56.2 Å². The minimum absolute atomic E-state index is 0.0719. The number of aromatic nitrogens is 1. The van der Waals surface area contributed by atoms with Crippen LogP contribution in [0.15, 0.2) is 23.7 Å². The molecule has 2 aliphatic rings. The van der Waals surface area contributed by atoms with Crippen molar-refractivity contribution in [2.45, 2.75) is 37.5 Å². The molecule has 3 unspecified atom stereocenters. The Morgan fingerprint density at radius 2 is 1.89 bits per heavy atom. The van der Waals surface area contributed by atoms with Crippen LogP contribution in [0.5, 0.6) is 0 Å². The first-order valence-electron chi connectivity index (χ1n) is 8.28. The number of hydrogen-bond acceptors (Lipinski definition) is 5. The van der Waals surface area contributed by atoms with Gasteiger partial charge in [-0.15, -0.1) is 11.3 Å². The minimum Gasteiger partial charge on any atom is -0.481 e. The van der Waals surface area contributed by atoms with E-state index in [-0.39, 0.29) is 18.0 Å². The van der Waals surface area contributed by atoms with Gasteiger partial charge >= 0.3 is 18.1 Å². The molecule has 2 aromatic rings. The van der Waals surface area contributed by atoms with Crippen LogP contribution in [0.4, 0.5) is 13.2 Å². The number of hydrogen-bond donors (Lipinski definition) is 2. The summed E-state index contributed by atoms with van der Waals surface area (Å²) >= 11 is 1.56. The van der Waals surface area contributed by atoms with Crippen molar-refractivity contribution in [1.82, 2.24) is 9.88 Å². The summed E-state index contributed by atoms with van der Waals surface area (Å²) in [5, 5.41) is 18.3. The van der Waals surface area contributed by atoms with Crippen molar-refractivity contribution < 1.29 is 37.8 Å². The summed E-state index contributed by atoms with van der Waals surface area (Å²) in [7, 11) is 0. The Morgan fingerprint density at radius 3 is 2.46 bits per heavy atom. The maximum atomic E-state index is 12.7. The largest absolute Gasteiger partial charge is 0.490 e. The SMILES string of the molecule is O=C(O)C(F)(F)F.O=C(O)C1CC2CCC1N2C(=O)c1cnc2ccsc2c1. The molecule has 2 aromatic heterocycles. The number of halogens is 3. The molecule has 0 spiro atoms. The molecule has 0 aliphatic carbocycles. The fourth-order valence-electron chi connectivity index (χ4n) is 3.68. The summed E-state index contributed by atoms with van der Waals surface area (Å²) in [6.07, 6.45) is -1.19. The number of carbonyl (C=O) groups is 3. The highest BCUT2D eigenvalue weighted by atomic mass is 32.1. The van der Waals surface area contributed by atoms with Crippen LogP contribution >= 0.6 is 11.3 Å². The van der Waals surface area contributed by atoms with Gasteiger partial charge in [0.05, 0.1) is 21.7 Å². The maximum absolute atomic E-state index is 12.7. The summed E-state index contributed by atoms with van der Waals surface area (Å²) in [6.45, 7) is 0. The Bertz CT molecular complexity index is 929. The molecule has 2 bridgehead atoms. The number of alkyl halides is 3. The number of aliphatic carboxylic acids is 2. The van der Waals surface area contributed by atoms with E-state index in [1.807, 2.05) is 17.5 Å². The first-order valence-corrected chi connectivity index (χ1v) is 9.16. The third-order valence-electron chi connectivity index (χ3n) is 4.88. The molecule has 3 atom stereocenters. The monoisotopic (exact) mass is 416 g/mol. The first kappa shape index (κ1) is 20.1. The normalized spacial score (nSPS) is 23.4. The zero-order chi connectivity index (χ0) is 20.6. The molecule has 150 valence electrons. The molecule has 28 heavy (non-hydrogen) atoms. The fourth-order valence-corrected chi connectivity index (χ4v) is 4.46. The summed E-state index contributed by atoms with van der Waals surface area (Å²) in [4.78, 5) is 39.0. The summed E-state index contributed by atoms with van der Waals surface area (Å²) in [5.74, 6) is -4.03. The lowest BCUT2D eigenvalue weighted by molar-refractivity contribution is -0.192. The molecule has 4 rings (SSSR count). The van der Waals surface area contributed by atoms with Crippen molar-refractivity contribution in [1.29, 1.82) is 0 Å². The molecule has 0 radical (unpaired) electrons. The maximum Gasteiger partial charge on any atom is 0.490 e. The van der Waals surface area contributed by atoms with Crippen molar-refractivity contribution in [3.8, 4) is 0 Å². The Balaban J connectivity index is 0.000000279. The van der Waals surface area contributed by atoms with Gasteiger partial charge in [0.25, 0.3) is 5.91 Å². The van der Waals surface area contributed by atoms with E-state index >= 15 is 0 Å². The van der Waals surface area contributed by atoms with Gasteiger partial charge in [-0.1, -0.05) is 0 Å². The lowest BCUT2D eigenvalue weighted by atomic mass is 9.89. The van der Waals surface area contributed by atoms with E-state index in [4.69, 9.17) is 9.90 Å². The van der Waals surface area contributed by atoms with E-state index in [0.29, 0.717) is 12.0 Å². The Morgan fingerprint density at radius 1 is 1.21 bits per heavy atom. The van der Waals surface area contributed by atoms with Crippen LogP contribution in [0.1, 0.15) is 29.6 Å². The second-order valence-corrected chi connectivity index (χ2v) is 7.47. The molecule has 4 heterocycles. The molecule has 11 heteroatoms. The van der Waals surface area contributed by atoms with Gasteiger partial charge in [0, 0.05) is 18.3 Å². The first-order chi connectivity index (χ1) is 13.1. The van der Waals surface area contributed by atoms with Crippen LogP contribution < -0.4 is 0 Å². The Hall–Kier alpha value is -2.69.